The lowest BCUT2D eigenvalue weighted by Gasteiger charge is -2.22. The van der Waals surface area contributed by atoms with E-state index in [1.54, 1.807) is 0 Å². The van der Waals surface area contributed by atoms with E-state index in [0.717, 1.165) is 37.3 Å². The van der Waals surface area contributed by atoms with Crippen LogP contribution in [0.1, 0.15) is 37.5 Å². The molecule has 116 valence electrons. The van der Waals surface area contributed by atoms with Crippen molar-refractivity contribution in [2.45, 2.75) is 39.0 Å². The molecule has 21 heavy (non-hydrogen) atoms. The Kier molecular flexibility index (Phi) is 5.17. The van der Waals surface area contributed by atoms with E-state index < -0.39 is 0 Å². The number of thiophene rings is 1. The van der Waals surface area contributed by atoms with Gasteiger partial charge in [0.25, 0.3) is 0 Å². The Labute approximate surface area is 132 Å². The minimum Gasteiger partial charge on any atom is -0.357 e. The van der Waals surface area contributed by atoms with E-state index in [-0.39, 0.29) is 0 Å². The number of nitrogens with one attached hydrogen (secondary N) is 1. The lowest BCUT2D eigenvalue weighted by molar-refractivity contribution is 0.299. The maximum atomic E-state index is 4.87. The summed E-state index contributed by atoms with van der Waals surface area (Å²) < 4.78 is 0. The predicted octanol–water partition coefficient (Wildman–Crippen LogP) is 3.38. The summed E-state index contributed by atoms with van der Waals surface area (Å²) in [6.07, 6.45) is 6.78. The smallest absolute Gasteiger partial charge is 0.193 e. The van der Waals surface area contributed by atoms with Gasteiger partial charge in [-0.15, -0.1) is 11.3 Å². The number of rotatable bonds is 4. The molecule has 3 rings (SSSR count). The van der Waals surface area contributed by atoms with Crippen molar-refractivity contribution >= 4 is 17.3 Å². The number of fused-ring (bicyclic) bond motifs is 1. The molecule has 0 aromatic carbocycles. The molecule has 2 aliphatic rings. The van der Waals surface area contributed by atoms with Crippen molar-refractivity contribution < 1.29 is 0 Å². The van der Waals surface area contributed by atoms with Gasteiger partial charge in [0.2, 0.25) is 0 Å². The van der Waals surface area contributed by atoms with Crippen LogP contribution < -0.4 is 5.32 Å². The highest BCUT2D eigenvalue weighted by Gasteiger charge is 2.35. The van der Waals surface area contributed by atoms with Gasteiger partial charge in [0.05, 0.1) is 0 Å². The van der Waals surface area contributed by atoms with Crippen LogP contribution in [0.25, 0.3) is 0 Å². The summed E-state index contributed by atoms with van der Waals surface area (Å²) in [4.78, 5) is 8.81. The van der Waals surface area contributed by atoms with Gasteiger partial charge in [-0.3, -0.25) is 4.99 Å². The topological polar surface area (TPSA) is 27.6 Å². The Hall–Kier alpha value is -1.03. The van der Waals surface area contributed by atoms with Gasteiger partial charge in [-0.1, -0.05) is 18.9 Å². The van der Waals surface area contributed by atoms with Gasteiger partial charge < -0.3 is 10.2 Å². The zero-order valence-corrected chi connectivity index (χ0v) is 13.9. The third-order valence-electron chi connectivity index (χ3n) is 4.81. The second-order valence-corrected chi connectivity index (χ2v) is 7.31. The fourth-order valence-electron chi connectivity index (χ4n) is 3.73. The average Bonchev–Trinajstić information content (AvgIpc) is 3.15. The van der Waals surface area contributed by atoms with Crippen LogP contribution in [0.4, 0.5) is 0 Å². The van der Waals surface area contributed by atoms with Gasteiger partial charge in [0.15, 0.2) is 5.96 Å². The highest BCUT2D eigenvalue weighted by Crippen LogP contribution is 2.35. The summed E-state index contributed by atoms with van der Waals surface area (Å²) in [5.41, 5.74) is 0. The Balaban J connectivity index is 1.58. The highest BCUT2D eigenvalue weighted by atomic mass is 32.1. The number of aliphatic imine (C=N–C) groups is 1. The lowest BCUT2D eigenvalue weighted by atomic mass is 9.82. The first kappa shape index (κ1) is 14.9. The number of hydrogen-bond donors (Lipinski definition) is 1. The van der Waals surface area contributed by atoms with Crippen molar-refractivity contribution in [3.05, 3.63) is 22.4 Å². The Morgan fingerprint density at radius 1 is 1.33 bits per heavy atom. The largest absolute Gasteiger partial charge is 0.357 e. The summed E-state index contributed by atoms with van der Waals surface area (Å²) in [6, 6.07) is 4.33. The van der Waals surface area contributed by atoms with Crippen LogP contribution in [-0.4, -0.2) is 37.0 Å². The normalized spacial score (nSPS) is 26.0. The van der Waals surface area contributed by atoms with Crippen molar-refractivity contribution in [3.8, 4) is 0 Å². The molecule has 1 saturated carbocycles. The summed E-state index contributed by atoms with van der Waals surface area (Å²) in [7, 11) is 0. The van der Waals surface area contributed by atoms with Crippen molar-refractivity contribution in [1.29, 1.82) is 0 Å². The predicted molar refractivity (Wildman–Crippen MR) is 91.0 cm³/mol. The Bertz CT molecular complexity index is 441. The zero-order valence-electron chi connectivity index (χ0n) is 13.1. The molecule has 2 unspecified atom stereocenters. The van der Waals surface area contributed by atoms with Gasteiger partial charge in [-0.05, 0) is 43.0 Å². The number of likely N-dealkylation sites (tertiary alicyclic amines) is 1. The molecule has 1 aliphatic heterocycles. The fourth-order valence-corrected chi connectivity index (χ4v) is 4.43. The molecule has 2 atom stereocenters. The first-order valence-corrected chi connectivity index (χ1v) is 9.30. The SMILES string of the molecule is CCNC(=NCCc1cccs1)N1CC2CCCCC2C1. The Morgan fingerprint density at radius 3 is 2.71 bits per heavy atom. The van der Waals surface area contributed by atoms with Gasteiger partial charge in [-0.2, -0.15) is 0 Å². The van der Waals surface area contributed by atoms with Crippen molar-refractivity contribution in [2.75, 3.05) is 26.2 Å². The minimum atomic E-state index is 0.897. The van der Waals surface area contributed by atoms with E-state index in [1.807, 2.05) is 11.3 Å². The molecule has 1 aromatic rings. The maximum Gasteiger partial charge on any atom is 0.193 e. The molecular formula is C17H27N3S. The summed E-state index contributed by atoms with van der Waals surface area (Å²) in [6.45, 7) is 6.46. The van der Waals surface area contributed by atoms with E-state index >= 15 is 0 Å². The first-order chi connectivity index (χ1) is 10.4. The molecule has 0 bridgehead atoms. The molecule has 0 amide bonds. The van der Waals surface area contributed by atoms with Gasteiger partial charge in [-0.25, -0.2) is 0 Å². The third kappa shape index (κ3) is 3.79. The average molecular weight is 305 g/mol. The first-order valence-electron chi connectivity index (χ1n) is 8.42. The van der Waals surface area contributed by atoms with E-state index in [0.29, 0.717) is 0 Å². The monoisotopic (exact) mass is 305 g/mol. The number of nitrogens with zero attached hydrogens (tertiary/aromatic N) is 2. The molecule has 4 heteroatoms. The van der Waals surface area contributed by atoms with Gasteiger partial charge in [0, 0.05) is 37.5 Å². The molecule has 2 fully saturated rings. The van der Waals surface area contributed by atoms with E-state index in [4.69, 9.17) is 4.99 Å². The Morgan fingerprint density at radius 2 is 2.10 bits per heavy atom. The summed E-state index contributed by atoms with van der Waals surface area (Å²) >= 11 is 1.83. The van der Waals surface area contributed by atoms with Gasteiger partial charge in [0.1, 0.15) is 0 Å². The van der Waals surface area contributed by atoms with Crippen molar-refractivity contribution in [1.82, 2.24) is 10.2 Å². The van der Waals surface area contributed by atoms with Crippen LogP contribution in [0.2, 0.25) is 0 Å². The molecule has 3 nitrogen and oxygen atoms in total. The van der Waals surface area contributed by atoms with E-state index in [1.165, 1.54) is 43.6 Å². The lowest BCUT2D eigenvalue weighted by Crippen LogP contribution is -2.40. The zero-order chi connectivity index (χ0) is 14.5. The van der Waals surface area contributed by atoms with Crippen LogP contribution in [0, 0.1) is 11.8 Å². The number of guanidine groups is 1. The van der Waals surface area contributed by atoms with Crippen molar-refractivity contribution in [3.63, 3.8) is 0 Å². The summed E-state index contributed by atoms with van der Waals surface area (Å²) in [5, 5.41) is 5.64. The third-order valence-corrected chi connectivity index (χ3v) is 5.75. The molecule has 0 spiro atoms. The van der Waals surface area contributed by atoms with E-state index in [2.05, 4.69) is 34.7 Å². The fraction of sp³-hybridized carbons (Fsp3) is 0.706. The van der Waals surface area contributed by atoms with Crippen molar-refractivity contribution in [2.24, 2.45) is 16.8 Å². The van der Waals surface area contributed by atoms with Crippen LogP contribution in [0.3, 0.4) is 0 Å². The van der Waals surface area contributed by atoms with Crippen LogP contribution in [0.15, 0.2) is 22.5 Å². The molecule has 1 aliphatic carbocycles. The second-order valence-electron chi connectivity index (χ2n) is 6.27. The highest BCUT2D eigenvalue weighted by molar-refractivity contribution is 7.09. The standard InChI is InChI=1S/C17H27N3S/c1-2-18-17(19-10-9-16-8-5-11-21-16)20-12-14-6-3-4-7-15(14)13-20/h5,8,11,14-15H,2-4,6-7,9-10,12-13H2,1H3,(H,18,19). The molecule has 1 aromatic heterocycles. The molecule has 1 saturated heterocycles. The van der Waals surface area contributed by atoms with Crippen LogP contribution in [-0.2, 0) is 6.42 Å². The maximum absolute atomic E-state index is 4.87. The van der Waals surface area contributed by atoms with Crippen LogP contribution in [0.5, 0.6) is 0 Å². The van der Waals surface area contributed by atoms with Crippen LogP contribution >= 0.6 is 11.3 Å². The minimum absolute atomic E-state index is 0.897. The van der Waals surface area contributed by atoms with Gasteiger partial charge >= 0.3 is 0 Å². The quantitative estimate of drug-likeness (QED) is 0.682. The molecule has 1 N–H and O–H groups in total. The van der Waals surface area contributed by atoms with E-state index in [9.17, 15) is 0 Å². The molecule has 0 radical (unpaired) electrons. The molecule has 2 heterocycles. The number of hydrogen-bond acceptors (Lipinski definition) is 2. The molecular weight excluding hydrogens is 278 g/mol. The second kappa shape index (κ2) is 7.30. The summed E-state index contributed by atoms with van der Waals surface area (Å²) in [5.74, 6) is 2.98.